The molecule has 1 aliphatic heterocycles. The average Bonchev–Trinajstić information content (AvgIpc) is 3.24. The fraction of sp³-hybridized carbons (Fsp3) is 0.292. The summed E-state index contributed by atoms with van der Waals surface area (Å²) in [4.78, 5) is 17.0. The predicted molar refractivity (Wildman–Crippen MR) is 121 cm³/mol. The predicted octanol–water partition coefficient (Wildman–Crippen LogP) is 3.04. The lowest BCUT2D eigenvalue weighted by Gasteiger charge is -2.30. The summed E-state index contributed by atoms with van der Waals surface area (Å²) in [7, 11) is 3.98. The number of likely N-dealkylation sites (tertiary alicyclic amines) is 1. The van der Waals surface area contributed by atoms with E-state index in [-0.39, 0.29) is 11.9 Å². The van der Waals surface area contributed by atoms with Crippen molar-refractivity contribution in [1.82, 2.24) is 14.7 Å². The third-order valence-corrected chi connectivity index (χ3v) is 5.59. The Kier molecular flexibility index (Phi) is 5.74. The fourth-order valence-corrected chi connectivity index (χ4v) is 3.85. The molecule has 3 aromatic rings. The fourth-order valence-electron chi connectivity index (χ4n) is 3.85. The van der Waals surface area contributed by atoms with Crippen LogP contribution in [0, 0.1) is 11.3 Å². The molecule has 158 valence electrons. The van der Waals surface area contributed by atoms with Crippen LogP contribution in [0.3, 0.4) is 0 Å². The Bertz CT molecular complexity index is 1110. The van der Waals surface area contributed by atoms with Crippen LogP contribution in [-0.2, 0) is 0 Å². The van der Waals surface area contributed by atoms with Gasteiger partial charge >= 0.3 is 0 Å². The van der Waals surface area contributed by atoms with Gasteiger partial charge in [0, 0.05) is 44.5 Å². The molecule has 1 atom stereocenters. The number of nitrogens with two attached hydrogens (primary N) is 1. The number of amides is 1. The van der Waals surface area contributed by atoms with Gasteiger partial charge in [0.25, 0.3) is 5.91 Å². The van der Waals surface area contributed by atoms with Crippen LogP contribution < -0.4 is 10.6 Å². The van der Waals surface area contributed by atoms with Gasteiger partial charge in [-0.2, -0.15) is 10.4 Å². The van der Waals surface area contributed by atoms with Gasteiger partial charge in [-0.25, -0.2) is 4.68 Å². The van der Waals surface area contributed by atoms with Gasteiger partial charge in [0.05, 0.1) is 23.0 Å². The second-order valence-electron chi connectivity index (χ2n) is 8.08. The molecule has 0 saturated carbocycles. The molecule has 1 saturated heterocycles. The number of piperidine rings is 1. The molecule has 0 bridgehead atoms. The van der Waals surface area contributed by atoms with Crippen LogP contribution in [0.2, 0.25) is 0 Å². The molecule has 0 aliphatic carbocycles. The van der Waals surface area contributed by atoms with E-state index < -0.39 is 0 Å². The molecule has 7 nitrogen and oxygen atoms in total. The summed E-state index contributed by atoms with van der Waals surface area (Å²) < 4.78 is 1.79. The van der Waals surface area contributed by atoms with Gasteiger partial charge in [0.15, 0.2) is 5.69 Å². The van der Waals surface area contributed by atoms with Crippen molar-refractivity contribution in [2.45, 2.75) is 18.9 Å². The summed E-state index contributed by atoms with van der Waals surface area (Å²) in [6, 6.07) is 19.3. The Morgan fingerprint density at radius 2 is 1.87 bits per heavy atom. The standard InChI is InChI=1S/C24H26N6O/c1-28(2)20-9-11-21(12-10-20)30-23(18-7-5-17(15-25)6-8-18)14-22(27-30)24(31)29-13-3-4-19(26)16-29/h5-12,14,19H,3-4,13,16,26H2,1-2H3. The Hall–Kier alpha value is -3.63. The van der Waals surface area contributed by atoms with Gasteiger partial charge in [0.1, 0.15) is 0 Å². The summed E-state index contributed by atoms with van der Waals surface area (Å²) in [5.41, 5.74) is 10.7. The minimum absolute atomic E-state index is 0.0105. The van der Waals surface area contributed by atoms with Crippen molar-refractivity contribution < 1.29 is 4.79 Å². The van der Waals surface area contributed by atoms with Crippen molar-refractivity contribution in [1.29, 1.82) is 5.26 Å². The molecular formula is C24H26N6O. The average molecular weight is 415 g/mol. The maximum Gasteiger partial charge on any atom is 0.274 e. The van der Waals surface area contributed by atoms with Crippen molar-refractivity contribution >= 4 is 11.6 Å². The van der Waals surface area contributed by atoms with Crippen molar-refractivity contribution in [2.24, 2.45) is 5.73 Å². The normalized spacial score (nSPS) is 16.1. The van der Waals surface area contributed by atoms with E-state index in [9.17, 15) is 4.79 Å². The molecule has 1 amide bonds. The first-order valence-electron chi connectivity index (χ1n) is 10.4. The maximum absolute atomic E-state index is 13.2. The zero-order valence-electron chi connectivity index (χ0n) is 17.8. The summed E-state index contributed by atoms with van der Waals surface area (Å²) in [5.74, 6) is -0.103. The van der Waals surface area contributed by atoms with Gasteiger partial charge in [0.2, 0.25) is 0 Å². The highest BCUT2D eigenvalue weighted by Gasteiger charge is 2.25. The lowest BCUT2D eigenvalue weighted by atomic mass is 10.1. The Morgan fingerprint density at radius 3 is 2.48 bits per heavy atom. The maximum atomic E-state index is 13.2. The number of nitrogens with zero attached hydrogens (tertiary/aromatic N) is 5. The number of carbonyl (C=O) groups is 1. The first-order chi connectivity index (χ1) is 15.0. The number of benzene rings is 2. The van der Waals surface area contributed by atoms with E-state index in [1.807, 2.05) is 61.5 Å². The summed E-state index contributed by atoms with van der Waals surface area (Å²) in [5, 5.41) is 13.8. The van der Waals surface area contributed by atoms with E-state index in [0.717, 1.165) is 35.5 Å². The van der Waals surface area contributed by atoms with Crippen molar-refractivity contribution in [2.75, 3.05) is 32.1 Å². The van der Waals surface area contributed by atoms with Crippen molar-refractivity contribution in [3.05, 3.63) is 65.9 Å². The topological polar surface area (TPSA) is 91.2 Å². The van der Waals surface area contributed by atoms with Crippen LogP contribution in [0.15, 0.2) is 54.6 Å². The zero-order valence-corrected chi connectivity index (χ0v) is 17.8. The lowest BCUT2D eigenvalue weighted by Crippen LogP contribution is -2.45. The van der Waals surface area contributed by atoms with Crippen LogP contribution in [0.25, 0.3) is 16.9 Å². The van der Waals surface area contributed by atoms with Gasteiger partial charge in [-0.1, -0.05) is 12.1 Å². The molecule has 2 aromatic carbocycles. The molecule has 2 heterocycles. The number of nitriles is 1. The van der Waals surface area contributed by atoms with Gasteiger partial charge in [-0.3, -0.25) is 4.79 Å². The Balaban J connectivity index is 1.76. The molecule has 1 unspecified atom stereocenters. The molecule has 4 rings (SSSR count). The molecule has 1 aromatic heterocycles. The van der Waals surface area contributed by atoms with Crippen LogP contribution in [0.4, 0.5) is 5.69 Å². The number of hydrogen-bond acceptors (Lipinski definition) is 5. The first kappa shape index (κ1) is 20.6. The minimum Gasteiger partial charge on any atom is -0.378 e. The van der Waals surface area contributed by atoms with Crippen LogP contribution >= 0.6 is 0 Å². The SMILES string of the molecule is CN(C)c1ccc(-n2nc(C(=O)N3CCCC(N)C3)cc2-c2ccc(C#N)cc2)cc1. The Labute approximate surface area is 182 Å². The highest BCUT2D eigenvalue weighted by Crippen LogP contribution is 2.26. The molecule has 2 N–H and O–H groups in total. The zero-order chi connectivity index (χ0) is 22.0. The number of aromatic nitrogens is 2. The molecule has 7 heteroatoms. The summed E-state index contributed by atoms with van der Waals surface area (Å²) in [6.07, 6.45) is 1.84. The smallest absolute Gasteiger partial charge is 0.274 e. The summed E-state index contributed by atoms with van der Waals surface area (Å²) in [6.45, 7) is 1.25. The monoisotopic (exact) mass is 414 g/mol. The highest BCUT2D eigenvalue weighted by atomic mass is 16.2. The van der Waals surface area contributed by atoms with Crippen molar-refractivity contribution in [3.8, 4) is 23.0 Å². The second-order valence-corrected chi connectivity index (χ2v) is 8.08. The van der Waals surface area contributed by atoms with Gasteiger partial charge in [-0.15, -0.1) is 0 Å². The number of anilines is 1. The minimum atomic E-state index is -0.103. The van der Waals surface area contributed by atoms with Crippen LogP contribution in [-0.4, -0.2) is 53.8 Å². The van der Waals surface area contributed by atoms with E-state index in [2.05, 4.69) is 11.2 Å². The second kappa shape index (κ2) is 8.62. The number of hydrogen-bond donors (Lipinski definition) is 1. The molecule has 31 heavy (non-hydrogen) atoms. The Morgan fingerprint density at radius 1 is 1.16 bits per heavy atom. The number of carbonyl (C=O) groups excluding carboxylic acids is 1. The van der Waals surface area contributed by atoms with E-state index in [1.54, 1.807) is 21.7 Å². The van der Waals surface area contributed by atoms with Crippen molar-refractivity contribution in [3.63, 3.8) is 0 Å². The molecule has 0 spiro atoms. The molecule has 1 fully saturated rings. The largest absolute Gasteiger partial charge is 0.378 e. The van der Waals surface area contributed by atoms with E-state index in [0.29, 0.717) is 24.3 Å². The van der Waals surface area contributed by atoms with E-state index in [1.165, 1.54) is 0 Å². The lowest BCUT2D eigenvalue weighted by molar-refractivity contribution is 0.0702. The van der Waals surface area contributed by atoms with E-state index in [4.69, 9.17) is 11.0 Å². The molecule has 0 radical (unpaired) electrons. The van der Waals surface area contributed by atoms with E-state index >= 15 is 0 Å². The van der Waals surface area contributed by atoms with Gasteiger partial charge in [-0.05, 0) is 55.3 Å². The van der Waals surface area contributed by atoms with Crippen LogP contribution in [0.5, 0.6) is 0 Å². The quantitative estimate of drug-likeness (QED) is 0.709. The van der Waals surface area contributed by atoms with Gasteiger partial charge < -0.3 is 15.5 Å². The highest BCUT2D eigenvalue weighted by molar-refractivity contribution is 5.93. The molecular weight excluding hydrogens is 388 g/mol. The number of rotatable bonds is 4. The first-order valence-corrected chi connectivity index (χ1v) is 10.4. The third-order valence-electron chi connectivity index (χ3n) is 5.59. The summed E-state index contributed by atoms with van der Waals surface area (Å²) >= 11 is 0. The van der Waals surface area contributed by atoms with Crippen LogP contribution in [0.1, 0.15) is 28.9 Å². The third kappa shape index (κ3) is 4.30. The molecule has 1 aliphatic rings.